The SMILES string of the molecule is C[Si](C)(C)OCC(=O)c1ccc(Oc2ccc(CN=[N+]=[N-])cc2)cc1. The predicted molar refractivity (Wildman–Crippen MR) is 99.4 cm³/mol. The molecule has 6 nitrogen and oxygen atoms in total. The highest BCUT2D eigenvalue weighted by Crippen LogP contribution is 2.22. The number of rotatable bonds is 8. The molecule has 25 heavy (non-hydrogen) atoms. The van der Waals surface area contributed by atoms with Crippen molar-refractivity contribution in [3.8, 4) is 11.5 Å². The molecular weight excluding hydrogens is 334 g/mol. The van der Waals surface area contributed by atoms with Gasteiger partial charge in [0.15, 0.2) is 14.1 Å². The maximum Gasteiger partial charge on any atom is 0.187 e. The van der Waals surface area contributed by atoms with Gasteiger partial charge >= 0.3 is 0 Å². The molecule has 0 unspecified atom stereocenters. The molecule has 7 heteroatoms. The van der Waals surface area contributed by atoms with Crippen molar-refractivity contribution in [1.29, 1.82) is 0 Å². The van der Waals surface area contributed by atoms with E-state index in [-0.39, 0.29) is 12.4 Å². The number of ether oxygens (including phenoxy) is 1. The Kier molecular flexibility index (Phi) is 6.35. The summed E-state index contributed by atoms with van der Waals surface area (Å²) in [5, 5.41) is 3.51. The van der Waals surface area contributed by atoms with Crippen molar-refractivity contribution < 1.29 is 14.0 Å². The zero-order valence-electron chi connectivity index (χ0n) is 14.6. The molecule has 0 aliphatic heterocycles. The van der Waals surface area contributed by atoms with Gasteiger partial charge in [-0.2, -0.15) is 0 Å². The molecule has 0 saturated carbocycles. The van der Waals surface area contributed by atoms with E-state index in [0.717, 1.165) is 5.56 Å². The van der Waals surface area contributed by atoms with Gasteiger partial charge in [-0.25, -0.2) is 0 Å². The van der Waals surface area contributed by atoms with Crippen molar-refractivity contribution in [2.24, 2.45) is 5.11 Å². The quantitative estimate of drug-likeness (QED) is 0.211. The fraction of sp³-hybridized carbons (Fsp3) is 0.278. The number of nitrogens with zero attached hydrogens (tertiary/aromatic N) is 3. The van der Waals surface area contributed by atoms with Crippen LogP contribution in [0.2, 0.25) is 19.6 Å². The maximum absolute atomic E-state index is 12.1. The van der Waals surface area contributed by atoms with Crippen LogP contribution in [-0.2, 0) is 11.0 Å². The third kappa shape index (κ3) is 6.43. The number of hydrogen-bond donors (Lipinski definition) is 0. The van der Waals surface area contributed by atoms with Crippen molar-refractivity contribution >= 4 is 14.1 Å². The van der Waals surface area contributed by atoms with Gasteiger partial charge in [-0.3, -0.25) is 4.79 Å². The normalized spacial score (nSPS) is 10.8. The van der Waals surface area contributed by atoms with Crippen molar-refractivity contribution in [1.82, 2.24) is 0 Å². The zero-order valence-corrected chi connectivity index (χ0v) is 15.6. The van der Waals surface area contributed by atoms with Crippen LogP contribution in [0.5, 0.6) is 11.5 Å². The third-order valence-electron chi connectivity index (χ3n) is 3.29. The Morgan fingerprint density at radius 3 is 2.12 bits per heavy atom. The Bertz CT molecular complexity index is 762. The summed E-state index contributed by atoms with van der Waals surface area (Å²) in [5.41, 5.74) is 9.83. The van der Waals surface area contributed by atoms with Gasteiger partial charge in [0, 0.05) is 10.5 Å². The summed E-state index contributed by atoms with van der Waals surface area (Å²) < 4.78 is 11.4. The monoisotopic (exact) mass is 355 g/mol. The highest BCUT2D eigenvalue weighted by Gasteiger charge is 2.16. The molecule has 2 aromatic carbocycles. The second kappa shape index (κ2) is 8.48. The van der Waals surface area contributed by atoms with E-state index in [1.165, 1.54) is 0 Å². The lowest BCUT2D eigenvalue weighted by Gasteiger charge is -2.16. The number of Topliss-reactive ketones (excluding diaryl/α,β-unsaturated/α-hetero) is 1. The van der Waals surface area contributed by atoms with Crippen LogP contribution in [0.3, 0.4) is 0 Å². The van der Waals surface area contributed by atoms with E-state index >= 15 is 0 Å². The molecule has 0 fully saturated rings. The predicted octanol–water partition coefficient (Wildman–Crippen LogP) is 5.32. The third-order valence-corrected chi connectivity index (χ3v) is 4.30. The topological polar surface area (TPSA) is 84.3 Å². The summed E-state index contributed by atoms with van der Waals surface area (Å²) in [6.45, 7) is 6.58. The largest absolute Gasteiger partial charge is 0.457 e. The van der Waals surface area contributed by atoms with E-state index in [9.17, 15) is 4.79 Å². The van der Waals surface area contributed by atoms with Gasteiger partial charge in [-0.15, -0.1) is 0 Å². The first-order valence-electron chi connectivity index (χ1n) is 7.92. The Hall–Kier alpha value is -2.60. The number of benzene rings is 2. The standard InChI is InChI=1S/C18H21N3O3Si/c1-25(2,3)23-13-18(22)15-6-10-17(11-7-15)24-16-8-4-14(5-9-16)12-20-21-19/h4-11H,12-13H2,1-3H3. The molecule has 0 amide bonds. The van der Waals surface area contributed by atoms with E-state index in [4.69, 9.17) is 14.7 Å². The van der Waals surface area contributed by atoms with Crippen LogP contribution in [0.25, 0.3) is 10.4 Å². The van der Waals surface area contributed by atoms with Crippen LogP contribution in [0, 0.1) is 0 Å². The first-order valence-corrected chi connectivity index (χ1v) is 11.3. The minimum absolute atomic E-state index is 0.0311. The molecule has 130 valence electrons. The van der Waals surface area contributed by atoms with Gasteiger partial charge in [0.05, 0.1) is 13.2 Å². The summed E-state index contributed by atoms with van der Waals surface area (Å²) in [6, 6.07) is 14.3. The van der Waals surface area contributed by atoms with Crippen molar-refractivity contribution in [2.45, 2.75) is 26.2 Å². The molecule has 0 radical (unpaired) electrons. The minimum Gasteiger partial charge on any atom is -0.457 e. The summed E-state index contributed by atoms with van der Waals surface area (Å²) in [6.07, 6.45) is 0. The summed E-state index contributed by atoms with van der Waals surface area (Å²) in [7, 11) is -1.70. The average molecular weight is 355 g/mol. The highest BCUT2D eigenvalue weighted by atomic mass is 28.4. The number of azide groups is 1. The smallest absolute Gasteiger partial charge is 0.187 e. The van der Waals surface area contributed by atoms with Gasteiger partial charge in [0.2, 0.25) is 0 Å². The van der Waals surface area contributed by atoms with Crippen LogP contribution in [0.1, 0.15) is 15.9 Å². The van der Waals surface area contributed by atoms with Gasteiger partial charge in [-0.1, -0.05) is 17.2 Å². The van der Waals surface area contributed by atoms with Crippen LogP contribution in [0.15, 0.2) is 53.6 Å². The molecule has 0 aliphatic carbocycles. The van der Waals surface area contributed by atoms with Crippen molar-refractivity contribution in [3.05, 3.63) is 70.1 Å². The highest BCUT2D eigenvalue weighted by molar-refractivity contribution is 6.69. The number of carbonyl (C=O) groups excluding carboxylic acids is 1. The van der Waals surface area contributed by atoms with Crippen molar-refractivity contribution in [2.75, 3.05) is 6.61 Å². The van der Waals surface area contributed by atoms with Gasteiger partial charge in [0.1, 0.15) is 11.5 Å². The molecule has 0 aliphatic rings. The molecule has 0 atom stereocenters. The van der Waals surface area contributed by atoms with E-state index in [2.05, 4.69) is 29.7 Å². The Morgan fingerprint density at radius 2 is 1.60 bits per heavy atom. The van der Waals surface area contributed by atoms with E-state index < -0.39 is 8.32 Å². The van der Waals surface area contributed by atoms with Crippen LogP contribution in [-0.4, -0.2) is 20.7 Å². The molecule has 0 spiro atoms. The molecule has 0 saturated heterocycles. The number of ketones is 1. The van der Waals surface area contributed by atoms with Crippen LogP contribution >= 0.6 is 0 Å². The lowest BCUT2D eigenvalue weighted by molar-refractivity contribution is 0.0916. The summed E-state index contributed by atoms with van der Waals surface area (Å²) >= 11 is 0. The van der Waals surface area contributed by atoms with E-state index in [1.807, 2.05) is 24.3 Å². The number of carbonyl (C=O) groups is 1. The van der Waals surface area contributed by atoms with Gasteiger partial charge in [0.25, 0.3) is 0 Å². The first kappa shape index (κ1) is 18.7. The molecule has 0 aromatic heterocycles. The Morgan fingerprint density at radius 1 is 1.04 bits per heavy atom. The first-order chi connectivity index (χ1) is 11.9. The molecule has 2 aromatic rings. The zero-order chi connectivity index (χ0) is 18.3. The molecule has 0 bridgehead atoms. The second-order valence-electron chi connectivity index (χ2n) is 6.48. The summed E-state index contributed by atoms with van der Waals surface area (Å²) in [4.78, 5) is 14.8. The average Bonchev–Trinajstić information content (AvgIpc) is 2.59. The lowest BCUT2D eigenvalue weighted by atomic mass is 10.1. The van der Waals surface area contributed by atoms with Gasteiger partial charge < -0.3 is 9.16 Å². The van der Waals surface area contributed by atoms with Crippen LogP contribution in [0.4, 0.5) is 0 Å². The fourth-order valence-corrected chi connectivity index (χ4v) is 2.55. The molecular formula is C18H21N3O3Si. The maximum atomic E-state index is 12.1. The Labute approximate surface area is 148 Å². The molecule has 2 rings (SSSR count). The minimum atomic E-state index is -1.70. The lowest BCUT2D eigenvalue weighted by Crippen LogP contribution is -2.28. The number of hydrogen-bond acceptors (Lipinski definition) is 4. The fourth-order valence-electron chi connectivity index (χ4n) is 1.99. The Balaban J connectivity index is 1.95. The van der Waals surface area contributed by atoms with Crippen LogP contribution < -0.4 is 4.74 Å². The molecule has 0 N–H and O–H groups in total. The summed E-state index contributed by atoms with van der Waals surface area (Å²) in [5.74, 6) is 1.28. The molecule has 0 heterocycles. The van der Waals surface area contributed by atoms with Gasteiger partial charge in [-0.05, 0) is 67.1 Å². The van der Waals surface area contributed by atoms with Crippen molar-refractivity contribution in [3.63, 3.8) is 0 Å². The van der Waals surface area contributed by atoms with E-state index in [1.54, 1.807) is 24.3 Å². The van der Waals surface area contributed by atoms with E-state index in [0.29, 0.717) is 23.6 Å². The second-order valence-corrected chi connectivity index (χ2v) is 11.0.